The van der Waals surface area contributed by atoms with Crippen LogP contribution in [0.4, 0.5) is 0 Å². The van der Waals surface area contributed by atoms with E-state index >= 15 is 0 Å². The third kappa shape index (κ3) is 7.56. The minimum Gasteiger partial charge on any atom is -0.493 e. The molecule has 0 saturated carbocycles. The summed E-state index contributed by atoms with van der Waals surface area (Å²) in [4.78, 5) is 11.2. The number of methoxy groups -OCH3 is 1. The lowest BCUT2D eigenvalue weighted by atomic mass is 10.2. The molecule has 5 heteroatoms. The first-order chi connectivity index (χ1) is 11.2. The smallest absolute Gasteiger partial charge is 0.330 e. The SMILES string of the molecule is CCOC(=O)C=CC=Cc1ccc(O/C=C\CCCl)c(OC)c1. The van der Waals surface area contributed by atoms with Gasteiger partial charge in [-0.05, 0) is 37.1 Å². The largest absolute Gasteiger partial charge is 0.493 e. The van der Waals surface area contributed by atoms with E-state index in [0.717, 1.165) is 12.0 Å². The minimum atomic E-state index is -0.359. The normalized spacial score (nSPS) is 11.4. The number of hydrogen-bond acceptors (Lipinski definition) is 4. The fourth-order valence-corrected chi connectivity index (χ4v) is 1.75. The summed E-state index contributed by atoms with van der Waals surface area (Å²) in [5.41, 5.74) is 0.924. The van der Waals surface area contributed by atoms with E-state index in [1.54, 1.807) is 32.4 Å². The summed E-state index contributed by atoms with van der Waals surface area (Å²) in [6.45, 7) is 2.13. The van der Waals surface area contributed by atoms with E-state index in [9.17, 15) is 4.79 Å². The fraction of sp³-hybridized carbons (Fsp3) is 0.278. The molecule has 0 radical (unpaired) electrons. The first kappa shape index (κ1) is 18.8. The van der Waals surface area contributed by atoms with E-state index in [0.29, 0.717) is 24.0 Å². The van der Waals surface area contributed by atoms with Crippen LogP contribution in [-0.4, -0.2) is 25.6 Å². The number of rotatable bonds is 9. The van der Waals surface area contributed by atoms with Gasteiger partial charge in [0.05, 0.1) is 20.0 Å². The second-order valence-corrected chi connectivity index (χ2v) is 4.73. The van der Waals surface area contributed by atoms with Gasteiger partial charge in [-0.3, -0.25) is 0 Å². The Bertz CT molecular complexity index is 576. The molecule has 0 bridgehead atoms. The number of allylic oxidation sites excluding steroid dienone is 3. The molecule has 0 saturated heterocycles. The van der Waals surface area contributed by atoms with E-state index in [1.807, 2.05) is 30.4 Å². The molecule has 1 aromatic carbocycles. The number of benzene rings is 1. The van der Waals surface area contributed by atoms with Gasteiger partial charge in [-0.1, -0.05) is 24.3 Å². The first-order valence-corrected chi connectivity index (χ1v) is 7.81. The van der Waals surface area contributed by atoms with E-state index in [2.05, 4.69) is 0 Å². The third-order valence-corrected chi connectivity index (χ3v) is 2.89. The van der Waals surface area contributed by atoms with Gasteiger partial charge in [-0.25, -0.2) is 4.79 Å². The second kappa shape index (κ2) is 11.4. The van der Waals surface area contributed by atoms with Crippen LogP contribution in [0.2, 0.25) is 0 Å². The maximum atomic E-state index is 11.2. The van der Waals surface area contributed by atoms with Crippen LogP contribution < -0.4 is 9.47 Å². The average molecular weight is 337 g/mol. The lowest BCUT2D eigenvalue weighted by Gasteiger charge is -2.08. The molecule has 1 rings (SSSR count). The number of halogens is 1. The maximum Gasteiger partial charge on any atom is 0.330 e. The Morgan fingerprint density at radius 3 is 2.78 bits per heavy atom. The topological polar surface area (TPSA) is 44.8 Å². The van der Waals surface area contributed by atoms with Crippen molar-refractivity contribution in [2.45, 2.75) is 13.3 Å². The van der Waals surface area contributed by atoms with Crippen LogP contribution in [0, 0.1) is 0 Å². The molecule has 0 aliphatic carbocycles. The lowest BCUT2D eigenvalue weighted by Crippen LogP contribution is -1.98. The van der Waals surface area contributed by atoms with E-state index in [1.165, 1.54) is 6.08 Å². The highest BCUT2D eigenvalue weighted by Crippen LogP contribution is 2.28. The molecular formula is C18H21ClO4. The number of hydrogen-bond donors (Lipinski definition) is 0. The molecule has 0 spiro atoms. The fourth-order valence-electron chi connectivity index (χ4n) is 1.63. The summed E-state index contributed by atoms with van der Waals surface area (Å²) in [6.07, 6.45) is 10.8. The summed E-state index contributed by atoms with van der Waals surface area (Å²) in [7, 11) is 1.58. The Hall–Kier alpha value is -2.20. The standard InChI is InChI=1S/C18H21ClO4/c1-3-22-18(20)9-5-4-8-15-10-11-16(17(14-15)21-2)23-13-7-6-12-19/h4-5,7-11,13-14H,3,6,12H2,1-2H3/b8-4?,9-5?,13-7-. The van der Waals surface area contributed by atoms with Crippen molar-refractivity contribution in [2.75, 3.05) is 19.6 Å². The summed E-state index contributed by atoms with van der Waals surface area (Å²) in [5, 5.41) is 0. The van der Waals surface area contributed by atoms with Gasteiger partial charge in [0.25, 0.3) is 0 Å². The van der Waals surface area contributed by atoms with Gasteiger partial charge in [0.15, 0.2) is 11.5 Å². The monoisotopic (exact) mass is 336 g/mol. The second-order valence-electron chi connectivity index (χ2n) is 4.35. The zero-order chi connectivity index (χ0) is 16.9. The number of ether oxygens (including phenoxy) is 3. The molecule has 0 N–H and O–H groups in total. The van der Waals surface area contributed by atoms with E-state index < -0.39 is 0 Å². The van der Waals surface area contributed by atoms with Crippen molar-refractivity contribution in [1.29, 1.82) is 0 Å². The Balaban J connectivity index is 2.69. The minimum absolute atomic E-state index is 0.359. The Labute approximate surface area is 142 Å². The Kier molecular flexibility index (Phi) is 9.32. The van der Waals surface area contributed by atoms with Gasteiger partial charge in [-0.2, -0.15) is 0 Å². The molecule has 0 unspecified atom stereocenters. The van der Waals surface area contributed by atoms with Crippen LogP contribution in [0.1, 0.15) is 18.9 Å². The predicted octanol–water partition coefficient (Wildman–Crippen LogP) is 4.35. The van der Waals surface area contributed by atoms with Crippen LogP contribution in [0.15, 0.2) is 48.8 Å². The van der Waals surface area contributed by atoms with E-state index in [-0.39, 0.29) is 5.97 Å². The number of carbonyl (C=O) groups is 1. The molecule has 0 atom stereocenters. The van der Waals surface area contributed by atoms with Crippen molar-refractivity contribution in [3.8, 4) is 11.5 Å². The van der Waals surface area contributed by atoms with Gasteiger partial charge in [0.2, 0.25) is 0 Å². The van der Waals surface area contributed by atoms with Crippen LogP contribution >= 0.6 is 11.6 Å². The molecule has 23 heavy (non-hydrogen) atoms. The van der Waals surface area contributed by atoms with Crippen LogP contribution in [-0.2, 0) is 9.53 Å². The zero-order valence-electron chi connectivity index (χ0n) is 13.3. The van der Waals surface area contributed by atoms with E-state index in [4.69, 9.17) is 25.8 Å². The molecular weight excluding hydrogens is 316 g/mol. The first-order valence-electron chi connectivity index (χ1n) is 7.28. The molecule has 0 aliphatic heterocycles. The average Bonchev–Trinajstić information content (AvgIpc) is 2.56. The highest BCUT2D eigenvalue weighted by molar-refractivity contribution is 6.17. The molecule has 0 aromatic heterocycles. The summed E-state index contributed by atoms with van der Waals surface area (Å²) < 4.78 is 15.6. The number of alkyl halides is 1. The molecule has 1 aromatic rings. The predicted molar refractivity (Wildman–Crippen MR) is 92.9 cm³/mol. The van der Waals surface area contributed by atoms with Crippen molar-refractivity contribution in [3.05, 3.63) is 54.3 Å². The lowest BCUT2D eigenvalue weighted by molar-refractivity contribution is -0.137. The number of carbonyl (C=O) groups excluding carboxylic acids is 1. The number of esters is 1. The van der Waals surface area contributed by atoms with Crippen molar-refractivity contribution < 1.29 is 19.0 Å². The molecule has 0 fully saturated rings. The van der Waals surface area contributed by atoms with Gasteiger partial charge in [0, 0.05) is 12.0 Å². The van der Waals surface area contributed by atoms with Crippen molar-refractivity contribution in [1.82, 2.24) is 0 Å². The van der Waals surface area contributed by atoms with Crippen molar-refractivity contribution in [3.63, 3.8) is 0 Å². The highest BCUT2D eigenvalue weighted by Gasteiger charge is 2.03. The van der Waals surface area contributed by atoms with Crippen molar-refractivity contribution in [2.24, 2.45) is 0 Å². The quantitative estimate of drug-likeness (QED) is 0.221. The van der Waals surface area contributed by atoms with Crippen molar-refractivity contribution >= 4 is 23.6 Å². The highest BCUT2D eigenvalue weighted by atomic mass is 35.5. The van der Waals surface area contributed by atoms with Gasteiger partial charge >= 0.3 is 5.97 Å². The Morgan fingerprint density at radius 2 is 2.09 bits per heavy atom. The van der Waals surface area contributed by atoms with Crippen LogP contribution in [0.3, 0.4) is 0 Å². The van der Waals surface area contributed by atoms with Gasteiger partial charge in [-0.15, -0.1) is 11.6 Å². The molecule has 0 amide bonds. The molecule has 0 aliphatic rings. The van der Waals surface area contributed by atoms with Gasteiger partial charge < -0.3 is 14.2 Å². The zero-order valence-corrected chi connectivity index (χ0v) is 14.1. The maximum absolute atomic E-state index is 11.2. The summed E-state index contributed by atoms with van der Waals surface area (Å²) >= 11 is 5.59. The summed E-state index contributed by atoms with van der Waals surface area (Å²) in [6, 6.07) is 5.56. The van der Waals surface area contributed by atoms with Crippen LogP contribution in [0.25, 0.3) is 6.08 Å². The van der Waals surface area contributed by atoms with Gasteiger partial charge in [0.1, 0.15) is 0 Å². The Morgan fingerprint density at radius 1 is 1.26 bits per heavy atom. The third-order valence-electron chi connectivity index (χ3n) is 2.67. The molecule has 4 nitrogen and oxygen atoms in total. The molecule has 124 valence electrons. The van der Waals surface area contributed by atoms with Crippen LogP contribution in [0.5, 0.6) is 11.5 Å². The summed E-state index contributed by atoms with van der Waals surface area (Å²) in [5.74, 6) is 1.44. The molecule has 0 heterocycles.